The molecule has 1 aromatic rings. The van der Waals surface area contributed by atoms with E-state index in [9.17, 15) is 0 Å². The molecule has 1 aromatic carbocycles. The van der Waals surface area contributed by atoms with Crippen LogP contribution in [-0.2, 0) is 12.8 Å². The van der Waals surface area contributed by atoms with Crippen molar-refractivity contribution < 1.29 is 4.74 Å². The first-order valence-electron chi connectivity index (χ1n) is 11.4. The third kappa shape index (κ3) is 4.86. The lowest BCUT2D eigenvalue weighted by Crippen LogP contribution is -2.34. The summed E-state index contributed by atoms with van der Waals surface area (Å²) in [5, 5.41) is 0. The molecule has 2 fully saturated rings. The molecule has 2 saturated heterocycles. The maximum absolute atomic E-state index is 6.10. The molecule has 0 bridgehead atoms. The Morgan fingerprint density at radius 2 is 1.78 bits per heavy atom. The lowest BCUT2D eigenvalue weighted by molar-refractivity contribution is 0.191. The van der Waals surface area contributed by atoms with Gasteiger partial charge < -0.3 is 9.64 Å². The van der Waals surface area contributed by atoms with Gasteiger partial charge >= 0.3 is 0 Å². The minimum absolute atomic E-state index is 0.747. The van der Waals surface area contributed by atoms with Crippen molar-refractivity contribution in [2.75, 3.05) is 32.8 Å². The molecule has 2 aliphatic heterocycles. The van der Waals surface area contributed by atoms with Crippen molar-refractivity contribution in [1.82, 2.24) is 9.80 Å². The molecule has 27 heavy (non-hydrogen) atoms. The Labute approximate surface area is 166 Å². The van der Waals surface area contributed by atoms with Gasteiger partial charge in [0.2, 0.25) is 0 Å². The minimum Gasteiger partial charge on any atom is -0.494 e. The molecule has 4 rings (SSSR count). The number of likely N-dealkylation sites (tertiary alicyclic amines) is 2. The van der Waals surface area contributed by atoms with Gasteiger partial charge in [0.15, 0.2) is 0 Å². The van der Waals surface area contributed by atoms with E-state index in [2.05, 4.69) is 41.8 Å². The highest BCUT2D eigenvalue weighted by atomic mass is 16.5. The number of benzene rings is 1. The van der Waals surface area contributed by atoms with Crippen molar-refractivity contribution >= 4 is 0 Å². The van der Waals surface area contributed by atoms with Gasteiger partial charge in [0.25, 0.3) is 0 Å². The first kappa shape index (κ1) is 19.3. The summed E-state index contributed by atoms with van der Waals surface area (Å²) in [7, 11) is 0. The Morgan fingerprint density at radius 3 is 2.56 bits per heavy atom. The Balaban J connectivity index is 1.23. The molecule has 0 aromatic heterocycles. The van der Waals surface area contributed by atoms with E-state index in [0.29, 0.717) is 0 Å². The van der Waals surface area contributed by atoms with Gasteiger partial charge in [-0.3, -0.25) is 4.90 Å². The molecule has 3 unspecified atom stereocenters. The first-order valence-corrected chi connectivity index (χ1v) is 11.4. The van der Waals surface area contributed by atoms with Crippen molar-refractivity contribution in [3.63, 3.8) is 0 Å². The summed E-state index contributed by atoms with van der Waals surface area (Å²) < 4.78 is 6.10. The van der Waals surface area contributed by atoms with Gasteiger partial charge in [-0.2, -0.15) is 0 Å². The van der Waals surface area contributed by atoms with Crippen molar-refractivity contribution in [1.29, 1.82) is 0 Å². The number of hydrogen-bond donors (Lipinski definition) is 0. The fourth-order valence-electron chi connectivity index (χ4n) is 5.51. The second-order valence-electron chi connectivity index (χ2n) is 9.26. The summed E-state index contributed by atoms with van der Waals surface area (Å²) in [4.78, 5) is 5.33. The standard InChI is InChI=1S/C24H38N2O/c1-19-6-7-20(2)26(19)14-5-15-27-24-11-10-22-16-21(8-9-23(22)17-24)18-25-12-3-4-13-25/h10-11,17,19-21H,3-9,12-16,18H2,1-2H3. The first-order chi connectivity index (χ1) is 13.2. The van der Waals surface area contributed by atoms with Gasteiger partial charge in [0, 0.05) is 25.2 Å². The quantitative estimate of drug-likeness (QED) is 0.656. The molecule has 3 heteroatoms. The van der Waals surface area contributed by atoms with Crippen molar-refractivity contribution in [3.05, 3.63) is 29.3 Å². The van der Waals surface area contributed by atoms with E-state index in [1.165, 1.54) is 76.7 Å². The van der Waals surface area contributed by atoms with Crippen LogP contribution < -0.4 is 4.74 Å². The number of aryl methyl sites for hydroxylation is 1. The van der Waals surface area contributed by atoms with Gasteiger partial charge in [-0.05, 0) is 107 Å². The fraction of sp³-hybridized carbons (Fsp3) is 0.750. The number of ether oxygens (including phenoxy) is 1. The summed E-state index contributed by atoms with van der Waals surface area (Å²) in [6, 6.07) is 8.36. The Hall–Kier alpha value is -1.06. The van der Waals surface area contributed by atoms with Crippen LogP contribution in [0.4, 0.5) is 0 Å². The van der Waals surface area contributed by atoms with Crippen LogP contribution in [0.1, 0.15) is 63.5 Å². The van der Waals surface area contributed by atoms with E-state index in [1.807, 2.05) is 0 Å². The molecular weight excluding hydrogens is 332 g/mol. The highest BCUT2D eigenvalue weighted by Gasteiger charge is 2.26. The van der Waals surface area contributed by atoms with Gasteiger partial charge in [0.05, 0.1) is 6.61 Å². The van der Waals surface area contributed by atoms with Gasteiger partial charge in [-0.1, -0.05) is 6.07 Å². The van der Waals surface area contributed by atoms with Crippen LogP contribution in [-0.4, -0.2) is 54.7 Å². The lowest BCUT2D eigenvalue weighted by atomic mass is 9.83. The number of nitrogens with zero attached hydrogens (tertiary/aromatic N) is 2. The number of hydrogen-bond acceptors (Lipinski definition) is 3. The van der Waals surface area contributed by atoms with Crippen LogP contribution in [0.25, 0.3) is 0 Å². The van der Waals surface area contributed by atoms with E-state index in [-0.39, 0.29) is 0 Å². The van der Waals surface area contributed by atoms with E-state index >= 15 is 0 Å². The number of fused-ring (bicyclic) bond motifs is 1. The zero-order valence-corrected chi connectivity index (χ0v) is 17.5. The molecule has 0 N–H and O–H groups in total. The third-order valence-electron chi connectivity index (χ3n) is 7.19. The topological polar surface area (TPSA) is 15.7 Å². The largest absolute Gasteiger partial charge is 0.494 e. The van der Waals surface area contributed by atoms with Crippen molar-refractivity contribution in [3.8, 4) is 5.75 Å². The normalized spacial score (nSPS) is 29.2. The number of rotatable bonds is 7. The van der Waals surface area contributed by atoms with Crippen LogP contribution in [0.3, 0.4) is 0 Å². The zero-order valence-electron chi connectivity index (χ0n) is 17.5. The second-order valence-corrected chi connectivity index (χ2v) is 9.26. The maximum atomic E-state index is 6.10. The second kappa shape index (κ2) is 8.96. The fourth-order valence-corrected chi connectivity index (χ4v) is 5.51. The van der Waals surface area contributed by atoms with Crippen LogP contribution in [0, 0.1) is 5.92 Å². The van der Waals surface area contributed by atoms with Crippen LogP contribution in [0.2, 0.25) is 0 Å². The smallest absolute Gasteiger partial charge is 0.119 e. The molecule has 2 heterocycles. The summed E-state index contributed by atoms with van der Waals surface area (Å²) >= 11 is 0. The summed E-state index contributed by atoms with van der Waals surface area (Å²) in [6.45, 7) is 10.7. The monoisotopic (exact) mass is 370 g/mol. The molecule has 3 atom stereocenters. The Bertz CT molecular complexity index is 600. The highest BCUT2D eigenvalue weighted by Crippen LogP contribution is 2.30. The summed E-state index contributed by atoms with van der Waals surface area (Å²) in [5.74, 6) is 1.93. The van der Waals surface area contributed by atoms with Crippen LogP contribution in [0.5, 0.6) is 5.75 Å². The average molecular weight is 371 g/mol. The zero-order chi connectivity index (χ0) is 18.6. The predicted molar refractivity (Wildman–Crippen MR) is 113 cm³/mol. The molecule has 1 aliphatic carbocycles. The molecular formula is C24H38N2O. The van der Waals surface area contributed by atoms with Gasteiger partial charge in [-0.25, -0.2) is 0 Å². The maximum Gasteiger partial charge on any atom is 0.119 e. The SMILES string of the molecule is CC1CCC(C)N1CCCOc1ccc2c(c1)CCC(CN1CCCC1)C2. The average Bonchev–Trinajstić information content (AvgIpc) is 3.29. The van der Waals surface area contributed by atoms with E-state index < -0.39 is 0 Å². The lowest BCUT2D eigenvalue weighted by Gasteiger charge is -2.28. The van der Waals surface area contributed by atoms with Crippen LogP contribution in [0.15, 0.2) is 18.2 Å². The molecule has 0 spiro atoms. The highest BCUT2D eigenvalue weighted by molar-refractivity contribution is 5.37. The third-order valence-corrected chi connectivity index (χ3v) is 7.19. The van der Waals surface area contributed by atoms with Crippen molar-refractivity contribution in [2.45, 2.75) is 77.3 Å². The predicted octanol–water partition coefficient (Wildman–Crippen LogP) is 4.53. The Morgan fingerprint density at radius 1 is 1.00 bits per heavy atom. The molecule has 0 radical (unpaired) electrons. The van der Waals surface area contributed by atoms with Gasteiger partial charge in [0.1, 0.15) is 5.75 Å². The minimum atomic E-state index is 0.747. The summed E-state index contributed by atoms with van der Waals surface area (Å²) in [6.07, 6.45) is 10.5. The van der Waals surface area contributed by atoms with E-state index in [1.54, 1.807) is 5.56 Å². The Kier molecular flexibility index (Phi) is 6.39. The molecule has 150 valence electrons. The molecule has 0 saturated carbocycles. The molecule has 3 aliphatic rings. The van der Waals surface area contributed by atoms with Crippen molar-refractivity contribution in [2.24, 2.45) is 5.92 Å². The van der Waals surface area contributed by atoms with Crippen LogP contribution >= 0.6 is 0 Å². The van der Waals surface area contributed by atoms with Gasteiger partial charge in [-0.15, -0.1) is 0 Å². The molecule has 3 nitrogen and oxygen atoms in total. The van der Waals surface area contributed by atoms with E-state index in [4.69, 9.17) is 4.74 Å². The molecule has 0 amide bonds. The summed E-state index contributed by atoms with van der Waals surface area (Å²) in [5.41, 5.74) is 3.10. The van der Waals surface area contributed by atoms with E-state index in [0.717, 1.165) is 36.8 Å².